The van der Waals surface area contributed by atoms with Crippen molar-refractivity contribution in [2.45, 2.75) is 26.3 Å². The Balaban J connectivity index is 1.85. The number of benzene rings is 1. The van der Waals surface area contributed by atoms with Crippen LogP contribution in [0.15, 0.2) is 41.8 Å². The summed E-state index contributed by atoms with van der Waals surface area (Å²) in [6.07, 6.45) is 0.789. The molecule has 0 spiro atoms. The molecule has 0 fully saturated rings. The van der Waals surface area contributed by atoms with E-state index in [1.807, 2.05) is 6.92 Å². The Morgan fingerprint density at radius 3 is 2.62 bits per heavy atom. The number of esters is 1. The van der Waals surface area contributed by atoms with E-state index in [4.69, 9.17) is 4.74 Å². The average Bonchev–Trinajstić information content (AvgIpc) is 3.25. The van der Waals surface area contributed by atoms with Crippen LogP contribution in [-0.4, -0.2) is 42.9 Å². The van der Waals surface area contributed by atoms with Gasteiger partial charge in [-0.05, 0) is 43.0 Å². The zero-order valence-electron chi connectivity index (χ0n) is 16.2. The number of ether oxygens (including phenoxy) is 1. The first-order valence-electron chi connectivity index (χ1n) is 9.09. The Morgan fingerprint density at radius 2 is 1.93 bits per heavy atom. The summed E-state index contributed by atoms with van der Waals surface area (Å²) in [5, 5.41) is 9.62. The lowest BCUT2D eigenvalue weighted by atomic mass is 10.2. The molecule has 0 saturated heterocycles. The number of thiophene rings is 1. The van der Waals surface area contributed by atoms with E-state index >= 15 is 0 Å². The van der Waals surface area contributed by atoms with Gasteiger partial charge >= 0.3 is 5.97 Å². The van der Waals surface area contributed by atoms with Crippen molar-refractivity contribution in [1.82, 2.24) is 10.6 Å². The predicted molar refractivity (Wildman–Crippen MR) is 110 cm³/mol. The van der Waals surface area contributed by atoms with E-state index in [-0.39, 0.29) is 17.4 Å². The molecule has 29 heavy (non-hydrogen) atoms. The summed E-state index contributed by atoms with van der Waals surface area (Å²) in [4.78, 5) is 48.5. The van der Waals surface area contributed by atoms with Crippen molar-refractivity contribution in [1.29, 1.82) is 0 Å². The lowest BCUT2D eigenvalue weighted by Gasteiger charge is -2.14. The number of amides is 3. The zero-order valence-corrected chi connectivity index (χ0v) is 17.0. The first-order chi connectivity index (χ1) is 13.9. The van der Waals surface area contributed by atoms with Gasteiger partial charge in [-0.3, -0.25) is 14.4 Å². The van der Waals surface area contributed by atoms with Crippen molar-refractivity contribution in [3.8, 4) is 0 Å². The first-order valence-corrected chi connectivity index (χ1v) is 9.97. The third-order valence-electron chi connectivity index (χ3n) is 3.76. The molecule has 0 bridgehead atoms. The standard InChI is InChI=1S/C20H23N3O5S/c1-3-9-21-18(25)13(2)22-17(24)12-28-20(27)14-6-4-7-15(11-14)23-19(26)16-8-5-10-29-16/h4-8,10-11,13H,3,9,12H2,1-2H3,(H,21,25)(H,22,24)(H,23,26)/t13-/m0/s1. The Morgan fingerprint density at radius 1 is 1.14 bits per heavy atom. The van der Waals surface area contributed by atoms with Gasteiger partial charge in [0, 0.05) is 12.2 Å². The summed E-state index contributed by atoms with van der Waals surface area (Å²) in [6, 6.07) is 8.96. The van der Waals surface area contributed by atoms with Crippen LogP contribution in [0.4, 0.5) is 5.69 Å². The van der Waals surface area contributed by atoms with Crippen molar-refractivity contribution >= 4 is 40.7 Å². The molecule has 0 unspecified atom stereocenters. The molecule has 0 radical (unpaired) electrons. The normalized spacial score (nSPS) is 11.2. The molecule has 1 heterocycles. The molecule has 2 rings (SSSR count). The van der Waals surface area contributed by atoms with Crippen LogP contribution >= 0.6 is 11.3 Å². The Kier molecular flexibility index (Phi) is 8.35. The molecular weight excluding hydrogens is 394 g/mol. The van der Waals surface area contributed by atoms with Crippen LogP contribution < -0.4 is 16.0 Å². The summed E-state index contributed by atoms with van der Waals surface area (Å²) in [5.74, 6) is -1.88. The number of hydrogen-bond donors (Lipinski definition) is 3. The van der Waals surface area contributed by atoms with E-state index < -0.39 is 24.5 Å². The Bertz CT molecular complexity index is 867. The zero-order chi connectivity index (χ0) is 21.2. The van der Waals surface area contributed by atoms with Crippen molar-refractivity contribution in [3.63, 3.8) is 0 Å². The Hall–Kier alpha value is -3.20. The average molecular weight is 417 g/mol. The number of carbonyl (C=O) groups is 4. The van der Waals surface area contributed by atoms with Gasteiger partial charge in [-0.2, -0.15) is 0 Å². The minimum absolute atomic E-state index is 0.190. The van der Waals surface area contributed by atoms with Gasteiger partial charge in [0.05, 0.1) is 10.4 Å². The largest absolute Gasteiger partial charge is 0.452 e. The summed E-state index contributed by atoms with van der Waals surface area (Å²) in [7, 11) is 0. The molecule has 1 aromatic carbocycles. The molecule has 0 aliphatic rings. The highest BCUT2D eigenvalue weighted by atomic mass is 32.1. The topological polar surface area (TPSA) is 114 Å². The third-order valence-corrected chi connectivity index (χ3v) is 4.62. The molecule has 0 aliphatic carbocycles. The van der Waals surface area contributed by atoms with Crippen LogP contribution in [0.3, 0.4) is 0 Å². The fourth-order valence-corrected chi connectivity index (χ4v) is 2.91. The molecule has 8 nitrogen and oxygen atoms in total. The van der Waals surface area contributed by atoms with Crippen LogP contribution in [0.2, 0.25) is 0 Å². The highest BCUT2D eigenvalue weighted by molar-refractivity contribution is 7.12. The van der Waals surface area contributed by atoms with Crippen LogP contribution in [0.1, 0.15) is 40.3 Å². The fourth-order valence-electron chi connectivity index (χ4n) is 2.29. The molecule has 1 atom stereocenters. The quantitative estimate of drug-likeness (QED) is 0.541. The third kappa shape index (κ3) is 7.04. The van der Waals surface area contributed by atoms with Gasteiger partial charge in [0.1, 0.15) is 6.04 Å². The first kappa shape index (κ1) is 22.1. The van der Waals surface area contributed by atoms with E-state index in [9.17, 15) is 19.2 Å². The summed E-state index contributed by atoms with van der Waals surface area (Å²) in [5.41, 5.74) is 0.624. The van der Waals surface area contributed by atoms with E-state index in [0.29, 0.717) is 17.1 Å². The lowest BCUT2D eigenvalue weighted by molar-refractivity contribution is -0.130. The molecule has 0 saturated carbocycles. The molecule has 2 aromatic rings. The minimum Gasteiger partial charge on any atom is -0.452 e. The van der Waals surface area contributed by atoms with Crippen molar-refractivity contribution in [3.05, 3.63) is 52.2 Å². The van der Waals surface area contributed by atoms with Crippen molar-refractivity contribution in [2.75, 3.05) is 18.5 Å². The molecule has 9 heteroatoms. The molecule has 3 amide bonds. The smallest absolute Gasteiger partial charge is 0.338 e. The van der Waals surface area contributed by atoms with E-state index in [1.165, 1.54) is 23.5 Å². The van der Waals surface area contributed by atoms with Crippen LogP contribution in [0.5, 0.6) is 0 Å². The second-order valence-electron chi connectivity index (χ2n) is 6.17. The van der Waals surface area contributed by atoms with Gasteiger partial charge in [-0.25, -0.2) is 4.79 Å². The van der Waals surface area contributed by atoms with Gasteiger partial charge in [0.2, 0.25) is 5.91 Å². The van der Waals surface area contributed by atoms with Gasteiger partial charge in [0.25, 0.3) is 11.8 Å². The molecule has 3 N–H and O–H groups in total. The second kappa shape index (κ2) is 11.0. The number of carbonyl (C=O) groups excluding carboxylic acids is 4. The molecule has 0 aliphatic heterocycles. The molecule has 1 aromatic heterocycles. The number of rotatable bonds is 9. The highest BCUT2D eigenvalue weighted by Crippen LogP contribution is 2.15. The maximum absolute atomic E-state index is 12.2. The van der Waals surface area contributed by atoms with E-state index in [1.54, 1.807) is 36.6 Å². The minimum atomic E-state index is -0.733. The van der Waals surface area contributed by atoms with Gasteiger partial charge in [-0.1, -0.05) is 19.1 Å². The van der Waals surface area contributed by atoms with Crippen LogP contribution in [-0.2, 0) is 14.3 Å². The monoisotopic (exact) mass is 417 g/mol. The maximum Gasteiger partial charge on any atom is 0.338 e. The Labute approximate surface area is 172 Å². The van der Waals surface area contributed by atoms with Gasteiger partial charge in [-0.15, -0.1) is 11.3 Å². The van der Waals surface area contributed by atoms with Crippen LogP contribution in [0.25, 0.3) is 0 Å². The second-order valence-corrected chi connectivity index (χ2v) is 7.12. The molecular formula is C20H23N3O5S. The van der Waals surface area contributed by atoms with Gasteiger partial charge in [0.15, 0.2) is 6.61 Å². The summed E-state index contributed by atoms with van der Waals surface area (Å²) < 4.78 is 4.99. The van der Waals surface area contributed by atoms with Crippen LogP contribution in [0, 0.1) is 0 Å². The molecule has 154 valence electrons. The van der Waals surface area contributed by atoms with Gasteiger partial charge < -0.3 is 20.7 Å². The number of nitrogens with one attached hydrogen (secondary N) is 3. The van der Waals surface area contributed by atoms with Crippen molar-refractivity contribution in [2.24, 2.45) is 0 Å². The number of hydrogen-bond acceptors (Lipinski definition) is 6. The highest BCUT2D eigenvalue weighted by Gasteiger charge is 2.17. The van der Waals surface area contributed by atoms with E-state index in [2.05, 4.69) is 16.0 Å². The summed E-state index contributed by atoms with van der Waals surface area (Å²) >= 11 is 1.31. The van der Waals surface area contributed by atoms with E-state index in [0.717, 1.165) is 6.42 Å². The maximum atomic E-state index is 12.2. The SMILES string of the molecule is CCCNC(=O)[C@H](C)NC(=O)COC(=O)c1cccc(NC(=O)c2cccs2)c1. The van der Waals surface area contributed by atoms with Crippen molar-refractivity contribution < 1.29 is 23.9 Å². The number of anilines is 1. The predicted octanol–water partition coefficient (Wildman–Crippen LogP) is 2.19. The summed E-state index contributed by atoms with van der Waals surface area (Å²) in [6.45, 7) is 3.47. The lowest BCUT2D eigenvalue weighted by Crippen LogP contribution is -2.46. The fraction of sp³-hybridized carbons (Fsp3) is 0.300.